The Balaban J connectivity index is 1.48. The number of piperazine rings is 1. The first-order valence-corrected chi connectivity index (χ1v) is 12.0. The number of anilines is 1. The third kappa shape index (κ3) is 5.12. The van der Waals surface area contributed by atoms with E-state index in [1.165, 1.54) is 23.4 Å². The molecule has 0 unspecified atom stereocenters. The number of hydrogen-bond donors (Lipinski definition) is 1. The van der Waals surface area contributed by atoms with E-state index in [4.69, 9.17) is 0 Å². The minimum Gasteiger partial charge on any atom is -0.340 e. The lowest BCUT2D eigenvalue weighted by molar-refractivity contribution is -0.129. The van der Waals surface area contributed by atoms with Crippen molar-refractivity contribution in [2.75, 3.05) is 31.5 Å². The Morgan fingerprint density at radius 1 is 0.970 bits per heavy atom. The lowest BCUT2D eigenvalue weighted by Crippen LogP contribution is -2.49. The molecule has 0 atom stereocenters. The molecule has 0 bridgehead atoms. The number of aromatic nitrogens is 2. The largest absolute Gasteiger partial charge is 0.340 e. The molecule has 4 rings (SSSR count). The summed E-state index contributed by atoms with van der Waals surface area (Å²) in [6, 6.07) is 17.4. The fourth-order valence-corrected chi connectivity index (χ4v) is 5.17. The van der Waals surface area contributed by atoms with Gasteiger partial charge in [0.15, 0.2) is 0 Å². The standard InChI is InChI=1S/C23H25N5O4S/c1-18(29)26-12-14-27(15-13-26)33(31,32)21-9-5-8-20(16-21)23(30)25-22-10-11-24-28(22)17-19-6-3-2-4-7-19/h2-11,16H,12-15,17H2,1H3,(H,25,30). The molecule has 2 aromatic carbocycles. The average Bonchev–Trinajstić information content (AvgIpc) is 3.26. The van der Waals surface area contributed by atoms with Crippen molar-refractivity contribution in [1.29, 1.82) is 0 Å². The summed E-state index contributed by atoms with van der Waals surface area (Å²) in [7, 11) is -3.78. The zero-order valence-electron chi connectivity index (χ0n) is 18.2. The van der Waals surface area contributed by atoms with Gasteiger partial charge in [0.05, 0.1) is 17.6 Å². The van der Waals surface area contributed by atoms with Gasteiger partial charge in [-0.2, -0.15) is 9.40 Å². The van der Waals surface area contributed by atoms with E-state index in [1.54, 1.807) is 34.0 Å². The van der Waals surface area contributed by atoms with E-state index >= 15 is 0 Å². The Morgan fingerprint density at radius 3 is 2.39 bits per heavy atom. The van der Waals surface area contributed by atoms with Gasteiger partial charge in [-0.15, -0.1) is 0 Å². The Morgan fingerprint density at radius 2 is 1.70 bits per heavy atom. The highest BCUT2D eigenvalue weighted by molar-refractivity contribution is 7.89. The number of sulfonamides is 1. The summed E-state index contributed by atoms with van der Waals surface area (Å²) in [4.78, 5) is 26.1. The highest BCUT2D eigenvalue weighted by atomic mass is 32.2. The van der Waals surface area contributed by atoms with Crippen LogP contribution in [0, 0.1) is 0 Å². The normalized spacial score (nSPS) is 14.8. The second kappa shape index (κ2) is 9.55. The predicted octanol–water partition coefficient (Wildman–Crippen LogP) is 2.04. The number of hydrogen-bond acceptors (Lipinski definition) is 5. The summed E-state index contributed by atoms with van der Waals surface area (Å²) in [5.74, 6) is 0.0120. The zero-order chi connectivity index (χ0) is 23.4. The van der Waals surface area contributed by atoms with Crippen molar-refractivity contribution in [1.82, 2.24) is 19.0 Å². The molecule has 2 amide bonds. The van der Waals surface area contributed by atoms with Gasteiger partial charge in [0.2, 0.25) is 15.9 Å². The van der Waals surface area contributed by atoms with E-state index in [0.717, 1.165) is 5.56 Å². The Hall–Kier alpha value is -3.50. The number of nitrogens with one attached hydrogen (secondary N) is 1. The second-order valence-corrected chi connectivity index (χ2v) is 9.69. The molecule has 0 saturated carbocycles. The van der Waals surface area contributed by atoms with Crippen molar-refractivity contribution in [2.24, 2.45) is 0 Å². The SMILES string of the molecule is CC(=O)N1CCN(S(=O)(=O)c2cccc(C(=O)Nc3ccnn3Cc3ccccc3)c2)CC1. The van der Waals surface area contributed by atoms with Crippen LogP contribution in [0.3, 0.4) is 0 Å². The van der Waals surface area contributed by atoms with Gasteiger partial charge in [0.25, 0.3) is 5.91 Å². The summed E-state index contributed by atoms with van der Waals surface area (Å²) >= 11 is 0. The molecule has 0 aliphatic carbocycles. The van der Waals surface area contributed by atoms with Crippen LogP contribution in [0.25, 0.3) is 0 Å². The maximum absolute atomic E-state index is 13.1. The number of rotatable bonds is 6. The van der Waals surface area contributed by atoms with Crippen LogP contribution in [0.5, 0.6) is 0 Å². The van der Waals surface area contributed by atoms with Crippen LogP contribution in [0.1, 0.15) is 22.8 Å². The monoisotopic (exact) mass is 467 g/mol. The summed E-state index contributed by atoms with van der Waals surface area (Å²) in [5, 5.41) is 7.08. The highest BCUT2D eigenvalue weighted by Crippen LogP contribution is 2.20. The van der Waals surface area contributed by atoms with Crippen LogP contribution in [-0.4, -0.2) is 65.4 Å². The van der Waals surface area contributed by atoms with E-state index in [0.29, 0.717) is 25.5 Å². The van der Waals surface area contributed by atoms with Crippen LogP contribution in [0.15, 0.2) is 71.8 Å². The summed E-state index contributed by atoms with van der Waals surface area (Å²) < 4.78 is 29.2. The van der Waals surface area contributed by atoms with Crippen LogP contribution in [-0.2, 0) is 21.4 Å². The van der Waals surface area contributed by atoms with Crippen molar-refractivity contribution < 1.29 is 18.0 Å². The first kappa shape index (κ1) is 22.7. The first-order valence-electron chi connectivity index (χ1n) is 10.6. The van der Waals surface area contributed by atoms with Gasteiger partial charge in [0.1, 0.15) is 5.82 Å². The fraction of sp³-hybridized carbons (Fsp3) is 0.261. The van der Waals surface area contributed by atoms with Crippen molar-refractivity contribution in [3.63, 3.8) is 0 Å². The molecule has 0 radical (unpaired) electrons. The molecule has 1 aliphatic heterocycles. The smallest absolute Gasteiger partial charge is 0.256 e. The van der Waals surface area contributed by atoms with Crippen LogP contribution in [0.2, 0.25) is 0 Å². The van der Waals surface area contributed by atoms with Gasteiger partial charge in [-0.3, -0.25) is 9.59 Å². The number of carbonyl (C=O) groups is 2. The number of carbonyl (C=O) groups excluding carboxylic acids is 2. The quantitative estimate of drug-likeness (QED) is 0.597. The second-order valence-electron chi connectivity index (χ2n) is 7.75. The average molecular weight is 468 g/mol. The topological polar surface area (TPSA) is 105 Å². The molecule has 1 saturated heterocycles. The molecule has 172 valence electrons. The molecule has 1 aliphatic rings. The summed E-state index contributed by atoms with van der Waals surface area (Å²) in [6.45, 7) is 3.09. The zero-order valence-corrected chi connectivity index (χ0v) is 19.0. The molecular formula is C23H25N5O4S. The van der Waals surface area contributed by atoms with Crippen molar-refractivity contribution in [3.8, 4) is 0 Å². The first-order chi connectivity index (χ1) is 15.8. The van der Waals surface area contributed by atoms with Crippen molar-refractivity contribution in [2.45, 2.75) is 18.4 Å². The van der Waals surface area contributed by atoms with Gasteiger partial charge in [-0.1, -0.05) is 36.4 Å². The number of nitrogens with zero attached hydrogens (tertiary/aromatic N) is 4. The van der Waals surface area contributed by atoms with Gasteiger partial charge >= 0.3 is 0 Å². The number of benzene rings is 2. The molecule has 9 nitrogen and oxygen atoms in total. The third-order valence-electron chi connectivity index (χ3n) is 5.55. The molecule has 10 heteroatoms. The maximum Gasteiger partial charge on any atom is 0.256 e. The lowest BCUT2D eigenvalue weighted by atomic mass is 10.2. The highest BCUT2D eigenvalue weighted by Gasteiger charge is 2.29. The summed E-state index contributed by atoms with van der Waals surface area (Å²) in [6.07, 6.45) is 1.60. The maximum atomic E-state index is 13.1. The van der Waals surface area contributed by atoms with Crippen LogP contribution in [0.4, 0.5) is 5.82 Å². The van der Waals surface area contributed by atoms with E-state index in [9.17, 15) is 18.0 Å². The van der Waals surface area contributed by atoms with Crippen molar-refractivity contribution >= 4 is 27.7 Å². The van der Waals surface area contributed by atoms with Gasteiger partial charge in [-0.05, 0) is 23.8 Å². The molecule has 33 heavy (non-hydrogen) atoms. The Labute approximate surface area is 192 Å². The molecular weight excluding hydrogens is 442 g/mol. The molecule has 1 N–H and O–H groups in total. The minimum absolute atomic E-state index is 0.0456. The van der Waals surface area contributed by atoms with Crippen molar-refractivity contribution in [3.05, 3.63) is 78.0 Å². The molecule has 2 heterocycles. The van der Waals surface area contributed by atoms with Crippen LogP contribution < -0.4 is 5.32 Å². The van der Waals surface area contributed by atoms with E-state index < -0.39 is 15.9 Å². The molecule has 1 fully saturated rings. The Bertz CT molecular complexity index is 1250. The number of amides is 2. The van der Waals surface area contributed by atoms with Crippen LogP contribution >= 0.6 is 0 Å². The van der Waals surface area contributed by atoms with Gasteiger partial charge in [0, 0.05) is 44.7 Å². The van der Waals surface area contributed by atoms with E-state index in [-0.39, 0.29) is 29.5 Å². The fourth-order valence-electron chi connectivity index (χ4n) is 3.70. The lowest BCUT2D eigenvalue weighted by Gasteiger charge is -2.33. The Kier molecular flexibility index (Phi) is 6.57. The minimum atomic E-state index is -3.78. The third-order valence-corrected chi connectivity index (χ3v) is 7.45. The van der Waals surface area contributed by atoms with Gasteiger partial charge in [-0.25, -0.2) is 13.1 Å². The van der Waals surface area contributed by atoms with E-state index in [2.05, 4.69) is 10.4 Å². The van der Waals surface area contributed by atoms with E-state index in [1.807, 2.05) is 30.3 Å². The molecule has 0 spiro atoms. The molecule has 3 aromatic rings. The molecule has 1 aromatic heterocycles. The van der Waals surface area contributed by atoms with Gasteiger partial charge < -0.3 is 10.2 Å². The summed E-state index contributed by atoms with van der Waals surface area (Å²) in [5.41, 5.74) is 1.26. The predicted molar refractivity (Wildman–Crippen MR) is 123 cm³/mol.